The number of alkyl halides is 7. The standard InChI is InChI=1S/C15H6F10N2O2/c16-7-3(1-26)5(4-2-27-4)8(17)6(9(7)18)10-11(29-10)12(28)13(19,14(20,21)22)15(23,24)25/h4,10,27-28H,2H2/b12-11+. The van der Waals surface area contributed by atoms with Gasteiger partial charge in [0.05, 0.1) is 11.1 Å². The van der Waals surface area contributed by atoms with E-state index >= 15 is 0 Å². The maximum Gasteiger partial charge on any atom is 0.439 e. The van der Waals surface area contributed by atoms with Crippen LogP contribution in [0.25, 0.3) is 0 Å². The molecule has 0 amide bonds. The Balaban J connectivity index is 2.16. The highest BCUT2D eigenvalue weighted by Crippen LogP contribution is 2.56. The summed E-state index contributed by atoms with van der Waals surface area (Å²) in [6, 6.07) is 0.228. The summed E-state index contributed by atoms with van der Waals surface area (Å²) in [7, 11) is 0. The summed E-state index contributed by atoms with van der Waals surface area (Å²) in [6.07, 6.45) is -15.9. The van der Waals surface area contributed by atoms with E-state index in [1.807, 2.05) is 0 Å². The normalized spacial score (nSPS) is 23.3. The summed E-state index contributed by atoms with van der Waals surface area (Å²) in [6.45, 7) is 0.0192. The Morgan fingerprint density at radius 2 is 1.48 bits per heavy atom. The zero-order chi connectivity index (χ0) is 22.1. The predicted molar refractivity (Wildman–Crippen MR) is 71.2 cm³/mol. The third-order valence-electron chi connectivity index (χ3n) is 4.29. The monoisotopic (exact) mass is 436 g/mol. The first-order chi connectivity index (χ1) is 13.2. The van der Waals surface area contributed by atoms with Gasteiger partial charge in [-0.05, 0) is 0 Å². The van der Waals surface area contributed by atoms with Gasteiger partial charge in [0.15, 0.2) is 29.3 Å². The van der Waals surface area contributed by atoms with E-state index in [9.17, 15) is 49.0 Å². The summed E-state index contributed by atoms with van der Waals surface area (Å²) in [4.78, 5) is 0. The van der Waals surface area contributed by atoms with Crippen LogP contribution in [0.3, 0.4) is 0 Å². The van der Waals surface area contributed by atoms with Crippen molar-refractivity contribution in [1.82, 2.24) is 5.32 Å². The Bertz CT molecular complexity index is 942. The number of ether oxygens (including phenoxy) is 1. The number of rotatable bonds is 3. The quantitative estimate of drug-likeness (QED) is 0.321. The van der Waals surface area contributed by atoms with Gasteiger partial charge in [0.2, 0.25) is 0 Å². The van der Waals surface area contributed by atoms with Crippen LogP contribution >= 0.6 is 0 Å². The lowest BCUT2D eigenvalue weighted by Gasteiger charge is -2.28. The van der Waals surface area contributed by atoms with Crippen LogP contribution in [0.15, 0.2) is 11.5 Å². The maximum absolute atomic E-state index is 14.6. The average molecular weight is 436 g/mol. The molecule has 0 spiro atoms. The first-order valence-electron chi connectivity index (χ1n) is 7.44. The van der Waals surface area contributed by atoms with Crippen molar-refractivity contribution >= 4 is 0 Å². The highest BCUT2D eigenvalue weighted by molar-refractivity contribution is 5.50. The van der Waals surface area contributed by atoms with Gasteiger partial charge in [-0.25, -0.2) is 17.6 Å². The van der Waals surface area contributed by atoms with Crippen LogP contribution in [0, 0.1) is 28.8 Å². The van der Waals surface area contributed by atoms with Gasteiger partial charge in [0, 0.05) is 18.2 Å². The first kappa shape index (κ1) is 21.0. The van der Waals surface area contributed by atoms with Crippen molar-refractivity contribution in [3.63, 3.8) is 0 Å². The molecule has 2 aliphatic rings. The number of allylic oxidation sites excluding steroid dienone is 1. The van der Waals surface area contributed by atoms with Crippen molar-refractivity contribution in [1.29, 1.82) is 5.26 Å². The molecule has 4 nitrogen and oxygen atoms in total. The van der Waals surface area contributed by atoms with Gasteiger partial charge in [-0.2, -0.15) is 31.6 Å². The second-order valence-electron chi connectivity index (χ2n) is 6.08. The number of hydrogen-bond acceptors (Lipinski definition) is 4. The molecule has 0 aromatic heterocycles. The Labute approximate surface area is 154 Å². The number of epoxide rings is 1. The zero-order valence-corrected chi connectivity index (χ0v) is 13.4. The molecular weight excluding hydrogens is 430 g/mol. The number of halogens is 10. The third-order valence-corrected chi connectivity index (χ3v) is 4.29. The van der Waals surface area contributed by atoms with Crippen LogP contribution in [0.4, 0.5) is 43.9 Å². The number of aliphatic hydroxyl groups excluding tert-OH is 1. The molecule has 0 bridgehead atoms. The highest BCUT2D eigenvalue weighted by Gasteiger charge is 2.77. The molecule has 2 aliphatic heterocycles. The molecule has 0 radical (unpaired) electrons. The minimum Gasteiger partial charge on any atom is -0.505 e. The molecule has 3 rings (SSSR count). The van der Waals surface area contributed by atoms with Crippen LogP contribution in [-0.4, -0.2) is 29.7 Å². The topological polar surface area (TPSA) is 78.5 Å². The number of nitrogens with zero attached hydrogens (tertiary/aromatic N) is 1. The molecule has 2 saturated heterocycles. The van der Waals surface area contributed by atoms with E-state index in [0.717, 1.165) is 0 Å². The Morgan fingerprint density at radius 3 is 1.90 bits per heavy atom. The summed E-state index contributed by atoms with van der Waals surface area (Å²) in [5.41, 5.74) is -9.59. The van der Waals surface area contributed by atoms with E-state index in [1.165, 1.54) is 6.07 Å². The van der Waals surface area contributed by atoms with Crippen LogP contribution in [0.5, 0.6) is 0 Å². The molecule has 1 aromatic carbocycles. The minimum atomic E-state index is -6.70. The van der Waals surface area contributed by atoms with E-state index in [-0.39, 0.29) is 6.54 Å². The van der Waals surface area contributed by atoms with Crippen molar-refractivity contribution in [3.8, 4) is 6.07 Å². The fourth-order valence-electron chi connectivity index (χ4n) is 2.69. The number of aliphatic hydroxyl groups is 1. The summed E-state index contributed by atoms with van der Waals surface area (Å²) < 4.78 is 137. The number of benzene rings is 1. The molecular formula is C15H6F10N2O2. The van der Waals surface area contributed by atoms with Gasteiger partial charge in [-0.1, -0.05) is 0 Å². The molecule has 2 atom stereocenters. The van der Waals surface area contributed by atoms with Gasteiger partial charge in [0.25, 0.3) is 0 Å². The number of nitriles is 1. The van der Waals surface area contributed by atoms with Gasteiger partial charge in [0.1, 0.15) is 11.9 Å². The van der Waals surface area contributed by atoms with Crippen LogP contribution < -0.4 is 5.32 Å². The lowest BCUT2D eigenvalue weighted by Crippen LogP contribution is -2.54. The summed E-state index contributed by atoms with van der Waals surface area (Å²) in [5, 5.41) is 20.6. The Hall–Kier alpha value is -2.69. The summed E-state index contributed by atoms with van der Waals surface area (Å²) in [5.74, 6) is -10.6. The Kier molecular flexibility index (Phi) is 4.46. The van der Waals surface area contributed by atoms with Gasteiger partial charge in [-0.3, -0.25) is 0 Å². The second-order valence-corrected chi connectivity index (χ2v) is 6.08. The van der Waals surface area contributed by atoms with Gasteiger partial charge in [-0.15, -0.1) is 0 Å². The molecule has 1 aromatic rings. The first-order valence-corrected chi connectivity index (χ1v) is 7.44. The largest absolute Gasteiger partial charge is 0.505 e. The molecule has 2 N–H and O–H groups in total. The molecule has 158 valence electrons. The number of nitrogens with one attached hydrogen (secondary N) is 1. The fraction of sp³-hybridized carbons (Fsp3) is 0.400. The second kappa shape index (κ2) is 6.15. The highest BCUT2D eigenvalue weighted by atomic mass is 19.4. The van der Waals surface area contributed by atoms with Crippen molar-refractivity contribution < 1.29 is 53.7 Å². The van der Waals surface area contributed by atoms with Crippen LogP contribution in [0.2, 0.25) is 0 Å². The minimum absolute atomic E-state index is 0.0192. The van der Waals surface area contributed by atoms with Crippen molar-refractivity contribution in [2.24, 2.45) is 0 Å². The van der Waals surface area contributed by atoms with Gasteiger partial charge < -0.3 is 15.2 Å². The van der Waals surface area contributed by atoms with E-state index in [0.29, 0.717) is 0 Å². The van der Waals surface area contributed by atoms with E-state index in [1.54, 1.807) is 0 Å². The van der Waals surface area contributed by atoms with E-state index in [4.69, 9.17) is 5.26 Å². The fourth-order valence-corrected chi connectivity index (χ4v) is 2.69. The predicted octanol–water partition coefficient (Wildman–Crippen LogP) is 4.29. The molecule has 14 heteroatoms. The lowest BCUT2D eigenvalue weighted by molar-refractivity contribution is -0.334. The molecule has 2 heterocycles. The molecule has 0 saturated carbocycles. The maximum atomic E-state index is 14.6. The van der Waals surface area contributed by atoms with Crippen LogP contribution in [0.1, 0.15) is 28.8 Å². The average Bonchev–Trinajstić information content (AvgIpc) is 3.48. The summed E-state index contributed by atoms with van der Waals surface area (Å²) >= 11 is 0. The lowest BCUT2D eigenvalue weighted by atomic mass is 9.95. The molecule has 2 unspecified atom stereocenters. The van der Waals surface area contributed by atoms with Crippen molar-refractivity contribution in [2.45, 2.75) is 30.2 Å². The zero-order valence-electron chi connectivity index (χ0n) is 13.4. The van der Waals surface area contributed by atoms with Crippen molar-refractivity contribution in [2.75, 3.05) is 6.54 Å². The molecule has 0 aliphatic carbocycles. The van der Waals surface area contributed by atoms with Gasteiger partial charge >= 0.3 is 18.0 Å². The smallest absolute Gasteiger partial charge is 0.439 e. The van der Waals surface area contributed by atoms with Crippen LogP contribution in [-0.2, 0) is 4.74 Å². The Morgan fingerprint density at radius 1 is 0.966 bits per heavy atom. The third kappa shape index (κ3) is 2.95. The number of hydrogen-bond donors (Lipinski definition) is 2. The SMILES string of the molecule is N#Cc1c(F)c(F)c(C2O/C2=C(/O)C(F)(C(F)(F)F)C(F)(F)F)c(F)c1C1CN1. The molecule has 2 fully saturated rings. The van der Waals surface area contributed by atoms with E-state index in [2.05, 4.69) is 10.1 Å². The molecule has 29 heavy (non-hydrogen) atoms. The van der Waals surface area contributed by atoms with E-state index < -0.39 is 75.8 Å². The van der Waals surface area contributed by atoms with Crippen molar-refractivity contribution in [3.05, 3.63) is 45.7 Å².